The fraction of sp³-hybridized carbons (Fsp3) is 0.350. The Morgan fingerprint density at radius 3 is 2.36 bits per heavy atom. The Hall–Kier alpha value is -3.29. The maximum Gasteiger partial charge on any atom is 0.311 e. The molecule has 0 aromatic heterocycles. The SMILES string of the molecule is COc1ccc(C2CCCN2C(=O)c2ccc(OC)c([N+](=O)[O-])c2)cc1OC. The number of amides is 1. The molecule has 8 heteroatoms. The number of nitrogens with zero attached hydrogens (tertiary/aromatic N) is 2. The zero-order chi connectivity index (χ0) is 20.3. The summed E-state index contributed by atoms with van der Waals surface area (Å²) in [4.78, 5) is 25.6. The molecule has 148 valence electrons. The molecule has 0 bridgehead atoms. The lowest BCUT2D eigenvalue weighted by atomic mass is 10.0. The molecule has 1 unspecified atom stereocenters. The van der Waals surface area contributed by atoms with E-state index in [1.54, 1.807) is 25.2 Å². The molecule has 0 spiro atoms. The number of rotatable bonds is 6. The molecule has 1 heterocycles. The first-order valence-electron chi connectivity index (χ1n) is 8.85. The predicted molar refractivity (Wildman–Crippen MR) is 102 cm³/mol. The first kappa shape index (κ1) is 19.5. The summed E-state index contributed by atoms with van der Waals surface area (Å²) in [5, 5.41) is 11.3. The largest absolute Gasteiger partial charge is 0.493 e. The Labute approximate surface area is 162 Å². The average Bonchev–Trinajstić information content (AvgIpc) is 3.21. The fourth-order valence-electron chi connectivity index (χ4n) is 3.55. The lowest BCUT2D eigenvalue weighted by Gasteiger charge is -2.26. The van der Waals surface area contributed by atoms with E-state index in [0.717, 1.165) is 18.4 Å². The number of benzene rings is 2. The van der Waals surface area contributed by atoms with Gasteiger partial charge in [0.2, 0.25) is 0 Å². The van der Waals surface area contributed by atoms with E-state index in [0.29, 0.717) is 18.0 Å². The van der Waals surface area contributed by atoms with Gasteiger partial charge in [-0.05, 0) is 42.7 Å². The Morgan fingerprint density at radius 2 is 1.71 bits per heavy atom. The van der Waals surface area contributed by atoms with E-state index in [4.69, 9.17) is 14.2 Å². The summed E-state index contributed by atoms with van der Waals surface area (Å²) in [6.07, 6.45) is 1.66. The quantitative estimate of drug-likeness (QED) is 0.556. The average molecular weight is 386 g/mol. The molecule has 0 saturated carbocycles. The number of ether oxygens (including phenoxy) is 3. The molecule has 0 aliphatic carbocycles. The first-order valence-corrected chi connectivity index (χ1v) is 8.85. The van der Waals surface area contributed by atoms with E-state index in [1.807, 2.05) is 18.2 Å². The third-order valence-electron chi connectivity index (χ3n) is 4.93. The van der Waals surface area contributed by atoms with Gasteiger partial charge in [-0.3, -0.25) is 14.9 Å². The predicted octanol–water partition coefficient (Wildman–Crippen LogP) is 3.60. The van der Waals surface area contributed by atoms with Crippen LogP contribution < -0.4 is 14.2 Å². The molecule has 0 N–H and O–H groups in total. The summed E-state index contributed by atoms with van der Waals surface area (Å²) in [7, 11) is 4.49. The van der Waals surface area contributed by atoms with Crippen molar-refractivity contribution in [3.05, 3.63) is 57.6 Å². The van der Waals surface area contributed by atoms with Gasteiger partial charge in [0.15, 0.2) is 17.2 Å². The highest BCUT2D eigenvalue weighted by Gasteiger charge is 2.32. The normalized spacial score (nSPS) is 16.0. The highest BCUT2D eigenvalue weighted by Crippen LogP contribution is 2.38. The number of carbonyl (C=O) groups is 1. The Kier molecular flexibility index (Phi) is 5.67. The van der Waals surface area contributed by atoms with Crippen LogP contribution in [0.1, 0.15) is 34.8 Å². The van der Waals surface area contributed by atoms with E-state index in [2.05, 4.69) is 0 Å². The molecule has 1 aliphatic heterocycles. The van der Waals surface area contributed by atoms with Gasteiger partial charge >= 0.3 is 5.69 Å². The summed E-state index contributed by atoms with van der Waals surface area (Å²) >= 11 is 0. The lowest BCUT2D eigenvalue weighted by Crippen LogP contribution is -2.30. The highest BCUT2D eigenvalue weighted by atomic mass is 16.6. The summed E-state index contributed by atoms with van der Waals surface area (Å²) in [5.74, 6) is 1.09. The lowest BCUT2D eigenvalue weighted by molar-refractivity contribution is -0.385. The number of hydrogen-bond acceptors (Lipinski definition) is 6. The second-order valence-corrected chi connectivity index (χ2v) is 6.41. The van der Waals surface area contributed by atoms with Crippen LogP contribution in [0.2, 0.25) is 0 Å². The van der Waals surface area contributed by atoms with Crippen LogP contribution in [0.15, 0.2) is 36.4 Å². The highest BCUT2D eigenvalue weighted by molar-refractivity contribution is 5.95. The molecule has 1 atom stereocenters. The van der Waals surface area contributed by atoms with Crippen LogP contribution in [0.4, 0.5) is 5.69 Å². The van der Waals surface area contributed by atoms with Gasteiger partial charge in [0, 0.05) is 18.2 Å². The molecule has 2 aromatic rings. The second kappa shape index (κ2) is 8.16. The minimum atomic E-state index is -0.550. The zero-order valence-electron chi connectivity index (χ0n) is 16.0. The number of likely N-dealkylation sites (tertiary alicyclic amines) is 1. The Morgan fingerprint density at radius 1 is 1.04 bits per heavy atom. The van der Waals surface area contributed by atoms with E-state index in [1.165, 1.54) is 19.2 Å². The molecule has 1 amide bonds. The Bertz CT molecular complexity index is 898. The molecule has 1 aliphatic rings. The molecular formula is C20H22N2O6. The second-order valence-electron chi connectivity index (χ2n) is 6.41. The molecule has 28 heavy (non-hydrogen) atoms. The molecule has 2 aromatic carbocycles. The van der Waals surface area contributed by atoms with E-state index >= 15 is 0 Å². The number of carbonyl (C=O) groups excluding carboxylic acids is 1. The van der Waals surface area contributed by atoms with Gasteiger partial charge in [0.1, 0.15) is 0 Å². The van der Waals surface area contributed by atoms with Crippen LogP contribution in [0.25, 0.3) is 0 Å². The smallest absolute Gasteiger partial charge is 0.311 e. The summed E-state index contributed by atoms with van der Waals surface area (Å²) in [6, 6.07) is 9.73. The van der Waals surface area contributed by atoms with E-state index in [-0.39, 0.29) is 28.9 Å². The summed E-state index contributed by atoms with van der Waals surface area (Å²) in [5.41, 5.74) is 0.974. The van der Waals surface area contributed by atoms with Gasteiger partial charge in [-0.25, -0.2) is 0 Å². The van der Waals surface area contributed by atoms with Crippen LogP contribution in [0.5, 0.6) is 17.2 Å². The number of hydrogen-bond donors (Lipinski definition) is 0. The van der Waals surface area contributed by atoms with Gasteiger partial charge in [-0.15, -0.1) is 0 Å². The van der Waals surface area contributed by atoms with Gasteiger partial charge < -0.3 is 19.1 Å². The third-order valence-corrected chi connectivity index (χ3v) is 4.93. The minimum Gasteiger partial charge on any atom is -0.493 e. The van der Waals surface area contributed by atoms with Crippen molar-refractivity contribution in [3.8, 4) is 17.2 Å². The van der Waals surface area contributed by atoms with Crippen molar-refractivity contribution in [1.82, 2.24) is 4.90 Å². The number of nitro groups is 1. The van der Waals surface area contributed by atoms with Crippen LogP contribution in [0, 0.1) is 10.1 Å². The summed E-state index contributed by atoms with van der Waals surface area (Å²) in [6.45, 7) is 0.581. The van der Waals surface area contributed by atoms with Crippen molar-refractivity contribution in [2.45, 2.75) is 18.9 Å². The van der Waals surface area contributed by atoms with Crippen LogP contribution in [0.3, 0.4) is 0 Å². The van der Waals surface area contributed by atoms with E-state index in [9.17, 15) is 14.9 Å². The minimum absolute atomic E-state index is 0.124. The summed E-state index contributed by atoms with van der Waals surface area (Å²) < 4.78 is 15.7. The van der Waals surface area contributed by atoms with Crippen LogP contribution >= 0.6 is 0 Å². The molecule has 3 rings (SSSR count). The molecule has 8 nitrogen and oxygen atoms in total. The first-order chi connectivity index (χ1) is 13.5. The van der Waals surface area contributed by atoms with Gasteiger partial charge in [0.25, 0.3) is 5.91 Å². The van der Waals surface area contributed by atoms with Gasteiger partial charge in [-0.1, -0.05) is 6.07 Å². The van der Waals surface area contributed by atoms with Crippen molar-refractivity contribution in [3.63, 3.8) is 0 Å². The monoisotopic (exact) mass is 386 g/mol. The maximum absolute atomic E-state index is 13.1. The fourth-order valence-corrected chi connectivity index (χ4v) is 3.55. The standard InChI is InChI=1S/C20H22N2O6/c1-26-17-8-7-14(11-16(17)22(24)25)20(23)21-10-4-5-15(21)13-6-9-18(27-2)19(12-13)28-3/h6-9,11-12,15H,4-5,10H2,1-3H3. The van der Waals surface area contributed by atoms with Gasteiger partial charge in [0.05, 0.1) is 32.3 Å². The number of nitro benzene ring substituents is 1. The number of methoxy groups -OCH3 is 3. The topological polar surface area (TPSA) is 91.1 Å². The molecule has 1 saturated heterocycles. The Balaban J connectivity index is 1.92. The zero-order valence-corrected chi connectivity index (χ0v) is 16.0. The van der Waals surface area contributed by atoms with Crippen molar-refractivity contribution in [2.24, 2.45) is 0 Å². The maximum atomic E-state index is 13.1. The molecule has 1 fully saturated rings. The van der Waals surface area contributed by atoms with Crippen LogP contribution in [-0.4, -0.2) is 43.6 Å². The van der Waals surface area contributed by atoms with Crippen molar-refractivity contribution in [1.29, 1.82) is 0 Å². The molecule has 0 radical (unpaired) electrons. The van der Waals surface area contributed by atoms with Crippen molar-refractivity contribution in [2.75, 3.05) is 27.9 Å². The van der Waals surface area contributed by atoms with E-state index < -0.39 is 4.92 Å². The van der Waals surface area contributed by atoms with Crippen molar-refractivity contribution >= 4 is 11.6 Å². The molecular weight excluding hydrogens is 364 g/mol. The van der Waals surface area contributed by atoms with Crippen molar-refractivity contribution < 1.29 is 23.9 Å². The van der Waals surface area contributed by atoms with Gasteiger partial charge in [-0.2, -0.15) is 0 Å². The third kappa shape index (κ3) is 3.58. The van der Waals surface area contributed by atoms with Crippen LogP contribution in [-0.2, 0) is 0 Å².